The van der Waals surface area contributed by atoms with Gasteiger partial charge < -0.3 is 9.84 Å². The highest BCUT2D eigenvalue weighted by molar-refractivity contribution is 7.09. The summed E-state index contributed by atoms with van der Waals surface area (Å²) in [6, 6.07) is 6.96. The quantitative estimate of drug-likeness (QED) is 0.707. The number of ether oxygens (including phenoxy) is 1. The van der Waals surface area contributed by atoms with Crippen molar-refractivity contribution in [3.8, 4) is 0 Å². The molecule has 0 bridgehead atoms. The standard InChI is InChI=1S/C16H14Cl2N2O3S/c17-10-4-13-15(14(18)5-10)19-9-20(16(13)22)6-11(21)7-23-8-12-2-1-3-24-12/h1-5,9,11,21H,6-8H2/t11-/m1/s1. The van der Waals surface area contributed by atoms with E-state index in [2.05, 4.69) is 4.98 Å². The van der Waals surface area contributed by atoms with Crippen LogP contribution in [0.2, 0.25) is 10.0 Å². The van der Waals surface area contributed by atoms with Crippen molar-refractivity contribution in [1.29, 1.82) is 0 Å². The topological polar surface area (TPSA) is 64.4 Å². The molecule has 24 heavy (non-hydrogen) atoms. The van der Waals surface area contributed by atoms with E-state index in [-0.39, 0.29) is 18.7 Å². The summed E-state index contributed by atoms with van der Waals surface area (Å²) in [7, 11) is 0. The van der Waals surface area contributed by atoms with Gasteiger partial charge in [0.2, 0.25) is 0 Å². The molecule has 0 aliphatic rings. The molecule has 3 rings (SSSR count). The first kappa shape index (κ1) is 17.4. The van der Waals surface area contributed by atoms with Gasteiger partial charge in [-0.1, -0.05) is 29.3 Å². The number of nitrogens with zero attached hydrogens (tertiary/aromatic N) is 2. The maximum absolute atomic E-state index is 12.5. The van der Waals surface area contributed by atoms with Crippen LogP contribution in [0, 0.1) is 0 Å². The van der Waals surface area contributed by atoms with Crippen LogP contribution < -0.4 is 5.56 Å². The van der Waals surface area contributed by atoms with Crippen LogP contribution in [-0.2, 0) is 17.9 Å². The van der Waals surface area contributed by atoms with Crippen molar-refractivity contribution in [3.05, 3.63) is 61.2 Å². The zero-order valence-electron chi connectivity index (χ0n) is 12.5. The molecule has 0 saturated carbocycles. The van der Waals surface area contributed by atoms with Crippen molar-refractivity contribution >= 4 is 45.4 Å². The Hall–Kier alpha value is -1.44. The Labute approximate surface area is 152 Å². The van der Waals surface area contributed by atoms with Crippen molar-refractivity contribution in [3.63, 3.8) is 0 Å². The molecule has 126 valence electrons. The van der Waals surface area contributed by atoms with Crippen molar-refractivity contribution in [2.45, 2.75) is 19.3 Å². The van der Waals surface area contributed by atoms with Gasteiger partial charge >= 0.3 is 0 Å². The van der Waals surface area contributed by atoms with Crippen molar-refractivity contribution in [2.24, 2.45) is 0 Å². The van der Waals surface area contributed by atoms with Crippen LogP contribution in [0.3, 0.4) is 0 Å². The Morgan fingerprint density at radius 3 is 2.96 bits per heavy atom. The summed E-state index contributed by atoms with van der Waals surface area (Å²) in [5.74, 6) is 0. The third kappa shape index (κ3) is 3.96. The normalized spacial score (nSPS) is 12.6. The minimum atomic E-state index is -0.823. The van der Waals surface area contributed by atoms with Crippen LogP contribution in [0.5, 0.6) is 0 Å². The first-order valence-corrected chi connectivity index (χ1v) is 8.80. The van der Waals surface area contributed by atoms with Crippen molar-refractivity contribution in [1.82, 2.24) is 9.55 Å². The predicted molar refractivity (Wildman–Crippen MR) is 96.0 cm³/mol. The number of hydrogen-bond acceptors (Lipinski definition) is 5. The fourth-order valence-electron chi connectivity index (χ4n) is 2.29. The summed E-state index contributed by atoms with van der Waals surface area (Å²) in [5, 5.41) is 13.0. The molecule has 0 spiro atoms. The minimum Gasteiger partial charge on any atom is -0.389 e. The molecule has 2 aromatic heterocycles. The molecule has 0 radical (unpaired) electrons. The Bertz CT molecular complexity index is 896. The molecule has 0 aliphatic carbocycles. The predicted octanol–water partition coefficient (Wildman–Crippen LogP) is 3.34. The second-order valence-corrected chi connectivity index (χ2v) is 7.11. The number of rotatable bonds is 6. The molecule has 3 aromatic rings. The molecule has 8 heteroatoms. The van der Waals surface area contributed by atoms with E-state index in [1.54, 1.807) is 11.3 Å². The molecular formula is C16H14Cl2N2O3S. The number of hydrogen-bond donors (Lipinski definition) is 1. The smallest absolute Gasteiger partial charge is 0.261 e. The zero-order chi connectivity index (χ0) is 17.1. The third-order valence-electron chi connectivity index (χ3n) is 3.39. The summed E-state index contributed by atoms with van der Waals surface area (Å²) in [6.07, 6.45) is 0.545. The van der Waals surface area contributed by atoms with E-state index in [1.165, 1.54) is 23.0 Å². The lowest BCUT2D eigenvalue weighted by molar-refractivity contribution is 0.0207. The molecule has 0 saturated heterocycles. The molecule has 1 N–H and O–H groups in total. The van der Waals surface area contributed by atoms with Crippen LogP contribution in [0.1, 0.15) is 4.88 Å². The third-order valence-corrected chi connectivity index (χ3v) is 4.74. The van der Waals surface area contributed by atoms with E-state index in [1.807, 2.05) is 17.5 Å². The molecule has 0 fully saturated rings. The average molecular weight is 385 g/mol. The van der Waals surface area contributed by atoms with Gasteiger partial charge in [0.1, 0.15) is 0 Å². The fraction of sp³-hybridized carbons (Fsp3) is 0.250. The lowest BCUT2D eigenvalue weighted by Crippen LogP contribution is -2.29. The van der Waals surface area contributed by atoms with Gasteiger partial charge in [-0.3, -0.25) is 9.36 Å². The summed E-state index contributed by atoms with van der Waals surface area (Å²) < 4.78 is 6.79. The van der Waals surface area contributed by atoms with Gasteiger partial charge in [0, 0.05) is 9.90 Å². The van der Waals surface area contributed by atoms with Crippen molar-refractivity contribution in [2.75, 3.05) is 6.61 Å². The van der Waals surface area contributed by atoms with Crippen LogP contribution in [-0.4, -0.2) is 27.4 Å². The molecule has 1 aromatic carbocycles. The second kappa shape index (κ2) is 7.63. The average Bonchev–Trinajstić information content (AvgIpc) is 3.04. The SMILES string of the molecule is O=c1c2cc(Cl)cc(Cl)c2ncn1C[C@@H](O)COCc1cccs1. The number of aromatic nitrogens is 2. The van der Waals surface area contributed by atoms with Gasteiger partial charge in [-0.15, -0.1) is 11.3 Å². The Balaban J connectivity index is 1.70. The van der Waals surface area contributed by atoms with Crippen molar-refractivity contribution < 1.29 is 9.84 Å². The Kier molecular flexibility index (Phi) is 5.53. The van der Waals surface area contributed by atoms with E-state index in [0.29, 0.717) is 27.6 Å². The van der Waals surface area contributed by atoms with Gasteiger partial charge in [-0.2, -0.15) is 0 Å². The number of aliphatic hydroxyl groups excluding tert-OH is 1. The number of halogens is 2. The summed E-state index contributed by atoms with van der Waals surface area (Å²) >= 11 is 13.6. The molecule has 1 atom stereocenters. The molecule has 5 nitrogen and oxygen atoms in total. The van der Waals surface area contributed by atoms with E-state index in [9.17, 15) is 9.90 Å². The lowest BCUT2D eigenvalue weighted by Gasteiger charge is -2.13. The van der Waals surface area contributed by atoms with Crippen LogP contribution in [0.15, 0.2) is 40.8 Å². The van der Waals surface area contributed by atoms with Gasteiger partial charge in [0.15, 0.2) is 0 Å². The maximum atomic E-state index is 12.5. The maximum Gasteiger partial charge on any atom is 0.261 e. The highest BCUT2D eigenvalue weighted by Gasteiger charge is 2.12. The van der Waals surface area contributed by atoms with E-state index < -0.39 is 6.10 Å². The summed E-state index contributed by atoms with van der Waals surface area (Å²) in [4.78, 5) is 17.7. The number of thiophene rings is 1. The van der Waals surface area contributed by atoms with Crippen LogP contribution in [0.4, 0.5) is 0 Å². The number of fused-ring (bicyclic) bond motifs is 1. The first-order chi connectivity index (χ1) is 11.5. The van der Waals surface area contributed by atoms with E-state index in [4.69, 9.17) is 27.9 Å². The van der Waals surface area contributed by atoms with Gasteiger partial charge in [-0.25, -0.2) is 4.98 Å². The summed E-state index contributed by atoms with van der Waals surface area (Å²) in [5.41, 5.74) is 0.0902. The molecule has 0 unspecified atom stereocenters. The molecule has 0 aliphatic heterocycles. The van der Waals surface area contributed by atoms with Crippen LogP contribution in [0.25, 0.3) is 10.9 Å². The Morgan fingerprint density at radius 2 is 2.21 bits per heavy atom. The number of aliphatic hydroxyl groups is 1. The van der Waals surface area contributed by atoms with Gasteiger partial charge in [0.05, 0.1) is 48.1 Å². The minimum absolute atomic E-state index is 0.0797. The lowest BCUT2D eigenvalue weighted by atomic mass is 10.2. The summed E-state index contributed by atoms with van der Waals surface area (Å²) in [6.45, 7) is 0.639. The number of benzene rings is 1. The van der Waals surface area contributed by atoms with Gasteiger partial charge in [-0.05, 0) is 23.6 Å². The molecule has 0 amide bonds. The first-order valence-electron chi connectivity index (χ1n) is 7.17. The van der Waals surface area contributed by atoms with Gasteiger partial charge in [0.25, 0.3) is 5.56 Å². The van der Waals surface area contributed by atoms with E-state index >= 15 is 0 Å². The fourth-order valence-corrected chi connectivity index (χ4v) is 3.48. The highest BCUT2D eigenvalue weighted by atomic mass is 35.5. The second-order valence-electron chi connectivity index (χ2n) is 5.23. The molecule has 2 heterocycles. The highest BCUT2D eigenvalue weighted by Crippen LogP contribution is 2.23. The van der Waals surface area contributed by atoms with Crippen LogP contribution >= 0.6 is 34.5 Å². The molecular weight excluding hydrogens is 371 g/mol. The van der Waals surface area contributed by atoms with E-state index in [0.717, 1.165) is 4.88 Å². The zero-order valence-corrected chi connectivity index (χ0v) is 14.8. The largest absolute Gasteiger partial charge is 0.389 e. The Morgan fingerprint density at radius 1 is 1.38 bits per heavy atom. The monoisotopic (exact) mass is 384 g/mol.